The Labute approximate surface area is 184 Å². The first-order chi connectivity index (χ1) is 14.6. The highest BCUT2D eigenvalue weighted by molar-refractivity contribution is 5.65. The molecule has 0 unspecified atom stereocenters. The van der Waals surface area contributed by atoms with E-state index >= 15 is 0 Å². The van der Waals surface area contributed by atoms with Gasteiger partial charge in [0.25, 0.3) is 0 Å². The molecular weight excluding hydrogens is 367 g/mol. The second-order valence-corrected chi connectivity index (χ2v) is 9.44. The van der Waals surface area contributed by atoms with E-state index in [1.165, 1.54) is 68.9 Å². The zero-order chi connectivity index (χ0) is 21.5. The summed E-state index contributed by atoms with van der Waals surface area (Å²) in [7, 11) is 0. The highest BCUT2D eigenvalue weighted by atomic mass is 19.1. The second kappa shape index (κ2) is 11.1. The summed E-state index contributed by atoms with van der Waals surface area (Å²) in [6.07, 6.45) is 11.6. The number of halogens is 1. The van der Waals surface area contributed by atoms with Crippen molar-refractivity contribution in [1.82, 2.24) is 0 Å². The van der Waals surface area contributed by atoms with E-state index in [4.69, 9.17) is 0 Å². The first-order valence-electron chi connectivity index (χ1n) is 12.5. The van der Waals surface area contributed by atoms with E-state index < -0.39 is 0 Å². The van der Waals surface area contributed by atoms with Crippen molar-refractivity contribution in [2.75, 3.05) is 0 Å². The molecule has 0 bridgehead atoms. The Kier molecular flexibility index (Phi) is 8.54. The van der Waals surface area contributed by atoms with Crippen LogP contribution in [0.3, 0.4) is 0 Å². The standard InChI is InChI=1S/C27H35F.C2H6/c1-3-20-6-10-21(11-7-20)22-12-14-24(15-13-22)26-17-16-25(18-27(26)28)23-8-4-19(2)5-9-23;1-2/h12-21,23H,3-11H2,1-2H3;1-2H3. The molecule has 2 aromatic rings. The number of rotatable bonds is 4. The fourth-order valence-corrected chi connectivity index (χ4v) is 5.45. The molecule has 1 heteroatoms. The van der Waals surface area contributed by atoms with Crippen molar-refractivity contribution in [3.8, 4) is 11.1 Å². The fraction of sp³-hybridized carbons (Fsp3) is 0.586. The molecule has 0 heterocycles. The van der Waals surface area contributed by atoms with Gasteiger partial charge >= 0.3 is 0 Å². The Morgan fingerprint density at radius 3 is 1.83 bits per heavy atom. The average Bonchev–Trinajstić information content (AvgIpc) is 2.81. The molecule has 0 aliphatic heterocycles. The van der Waals surface area contributed by atoms with Gasteiger partial charge in [-0.05, 0) is 85.0 Å². The van der Waals surface area contributed by atoms with Crippen LogP contribution in [0.2, 0.25) is 0 Å². The van der Waals surface area contributed by atoms with Crippen LogP contribution in [0, 0.1) is 17.7 Å². The average molecular weight is 409 g/mol. The summed E-state index contributed by atoms with van der Waals surface area (Å²) in [6, 6.07) is 14.7. The molecule has 2 saturated carbocycles. The topological polar surface area (TPSA) is 0 Å². The van der Waals surface area contributed by atoms with Gasteiger partial charge in [-0.15, -0.1) is 0 Å². The monoisotopic (exact) mass is 408 g/mol. The predicted octanol–water partition coefficient (Wildman–Crippen LogP) is 9.50. The van der Waals surface area contributed by atoms with Crippen LogP contribution in [-0.2, 0) is 0 Å². The van der Waals surface area contributed by atoms with Crippen LogP contribution in [0.25, 0.3) is 11.1 Å². The van der Waals surface area contributed by atoms with Crippen molar-refractivity contribution < 1.29 is 4.39 Å². The quantitative estimate of drug-likeness (QED) is 0.472. The largest absolute Gasteiger partial charge is 0.206 e. The lowest BCUT2D eigenvalue weighted by atomic mass is 9.77. The van der Waals surface area contributed by atoms with Crippen LogP contribution in [0.1, 0.15) is 108 Å². The molecule has 0 radical (unpaired) electrons. The van der Waals surface area contributed by atoms with E-state index in [1.54, 1.807) is 6.07 Å². The summed E-state index contributed by atoms with van der Waals surface area (Å²) < 4.78 is 14.9. The number of hydrogen-bond donors (Lipinski definition) is 0. The number of hydrogen-bond acceptors (Lipinski definition) is 0. The van der Waals surface area contributed by atoms with Gasteiger partial charge in [0.2, 0.25) is 0 Å². The third kappa shape index (κ3) is 5.54. The second-order valence-electron chi connectivity index (χ2n) is 9.44. The Balaban J connectivity index is 0.00000124. The van der Waals surface area contributed by atoms with E-state index in [0.29, 0.717) is 11.8 Å². The summed E-state index contributed by atoms with van der Waals surface area (Å²) in [5.74, 6) is 2.93. The first kappa shape index (κ1) is 23.0. The molecule has 0 spiro atoms. The lowest BCUT2D eigenvalue weighted by molar-refractivity contribution is 0.319. The Bertz CT molecular complexity index is 759. The van der Waals surface area contributed by atoms with Gasteiger partial charge in [-0.3, -0.25) is 0 Å². The highest BCUT2D eigenvalue weighted by Gasteiger charge is 2.22. The van der Waals surface area contributed by atoms with Crippen molar-refractivity contribution in [3.05, 3.63) is 59.4 Å². The Hall–Kier alpha value is -1.63. The summed E-state index contributed by atoms with van der Waals surface area (Å²) in [4.78, 5) is 0. The van der Waals surface area contributed by atoms with Gasteiger partial charge < -0.3 is 0 Å². The van der Waals surface area contributed by atoms with Crippen LogP contribution >= 0.6 is 0 Å². The molecule has 2 aromatic carbocycles. The van der Waals surface area contributed by atoms with Crippen LogP contribution in [-0.4, -0.2) is 0 Å². The number of benzene rings is 2. The van der Waals surface area contributed by atoms with Crippen LogP contribution in [0.15, 0.2) is 42.5 Å². The van der Waals surface area contributed by atoms with Gasteiger partial charge in [-0.25, -0.2) is 4.39 Å². The first-order valence-corrected chi connectivity index (χ1v) is 12.5. The van der Waals surface area contributed by atoms with E-state index in [9.17, 15) is 4.39 Å². The molecular formula is C29H41F. The van der Waals surface area contributed by atoms with Crippen molar-refractivity contribution in [2.24, 2.45) is 11.8 Å². The summed E-state index contributed by atoms with van der Waals surface area (Å²) in [5, 5.41) is 0. The smallest absolute Gasteiger partial charge is 0.131 e. The third-order valence-corrected chi connectivity index (χ3v) is 7.60. The Morgan fingerprint density at radius 2 is 1.27 bits per heavy atom. The fourth-order valence-electron chi connectivity index (χ4n) is 5.45. The minimum Gasteiger partial charge on any atom is -0.206 e. The molecule has 164 valence electrons. The van der Waals surface area contributed by atoms with Gasteiger partial charge in [0.05, 0.1) is 0 Å². The summed E-state index contributed by atoms with van der Waals surface area (Å²) in [6.45, 7) is 8.65. The molecule has 30 heavy (non-hydrogen) atoms. The Morgan fingerprint density at radius 1 is 0.733 bits per heavy atom. The molecule has 2 aliphatic rings. The zero-order valence-electron chi connectivity index (χ0n) is 19.6. The van der Waals surface area contributed by atoms with Gasteiger partial charge in [0.15, 0.2) is 0 Å². The lowest BCUT2D eigenvalue weighted by Crippen LogP contribution is -2.12. The summed E-state index contributed by atoms with van der Waals surface area (Å²) in [5.41, 5.74) is 4.38. The van der Waals surface area contributed by atoms with Crippen LogP contribution in [0.5, 0.6) is 0 Å². The molecule has 2 fully saturated rings. The van der Waals surface area contributed by atoms with Crippen LogP contribution < -0.4 is 0 Å². The van der Waals surface area contributed by atoms with E-state index in [0.717, 1.165) is 23.0 Å². The predicted molar refractivity (Wildman–Crippen MR) is 129 cm³/mol. The molecule has 0 nitrogen and oxygen atoms in total. The third-order valence-electron chi connectivity index (χ3n) is 7.60. The molecule has 2 aliphatic carbocycles. The van der Waals surface area contributed by atoms with Gasteiger partial charge in [-0.2, -0.15) is 0 Å². The van der Waals surface area contributed by atoms with E-state index in [2.05, 4.69) is 44.2 Å². The minimum atomic E-state index is -0.0627. The zero-order valence-corrected chi connectivity index (χ0v) is 19.6. The molecule has 0 amide bonds. The molecule has 0 saturated heterocycles. The van der Waals surface area contributed by atoms with Crippen molar-refractivity contribution in [1.29, 1.82) is 0 Å². The maximum Gasteiger partial charge on any atom is 0.131 e. The lowest BCUT2D eigenvalue weighted by Gasteiger charge is -2.28. The SMILES string of the molecule is CC.CCC1CCC(c2ccc(-c3ccc(C4CCC(C)CC4)cc3F)cc2)CC1. The van der Waals surface area contributed by atoms with Crippen molar-refractivity contribution in [3.63, 3.8) is 0 Å². The van der Waals surface area contributed by atoms with Gasteiger partial charge in [0, 0.05) is 5.56 Å². The summed E-state index contributed by atoms with van der Waals surface area (Å²) >= 11 is 0. The molecule has 0 atom stereocenters. The maximum atomic E-state index is 14.9. The molecule has 0 aromatic heterocycles. The molecule has 0 N–H and O–H groups in total. The minimum absolute atomic E-state index is 0.0627. The van der Waals surface area contributed by atoms with E-state index in [-0.39, 0.29) is 5.82 Å². The maximum absolute atomic E-state index is 14.9. The highest BCUT2D eigenvalue weighted by Crippen LogP contribution is 2.39. The van der Waals surface area contributed by atoms with Gasteiger partial charge in [-0.1, -0.05) is 83.4 Å². The van der Waals surface area contributed by atoms with Crippen LogP contribution in [0.4, 0.5) is 4.39 Å². The van der Waals surface area contributed by atoms with Gasteiger partial charge in [0.1, 0.15) is 5.82 Å². The van der Waals surface area contributed by atoms with Crippen molar-refractivity contribution in [2.45, 2.75) is 97.3 Å². The molecule has 4 rings (SSSR count). The van der Waals surface area contributed by atoms with E-state index in [1.807, 2.05) is 19.9 Å². The van der Waals surface area contributed by atoms with Crippen molar-refractivity contribution >= 4 is 0 Å². The normalized spacial score (nSPS) is 26.6.